The fourth-order valence-corrected chi connectivity index (χ4v) is 5.67. The number of aromatic amines is 2. The van der Waals surface area contributed by atoms with Crippen LogP contribution in [0.3, 0.4) is 0 Å². The number of anilines is 1. The van der Waals surface area contributed by atoms with Gasteiger partial charge in [-0.3, -0.25) is 14.9 Å². The number of benzene rings is 2. The van der Waals surface area contributed by atoms with Gasteiger partial charge in [-0.15, -0.1) is 0 Å². The first-order valence-corrected chi connectivity index (χ1v) is 16.2. The summed E-state index contributed by atoms with van der Waals surface area (Å²) in [5, 5.41) is 11.4. The van der Waals surface area contributed by atoms with Gasteiger partial charge in [-0.25, -0.2) is 22.5 Å². The van der Waals surface area contributed by atoms with E-state index in [9.17, 15) is 17.6 Å². The number of nitrogens with one attached hydrogen (secondary N) is 4. The van der Waals surface area contributed by atoms with Crippen LogP contribution in [-0.4, -0.2) is 45.7 Å². The molecular weight excluding hydrogens is 593 g/mol. The number of rotatable bonds is 8. The summed E-state index contributed by atoms with van der Waals surface area (Å²) in [5.74, 6) is -0.548. The molecule has 0 bridgehead atoms. The van der Waals surface area contributed by atoms with Crippen LogP contribution in [0.5, 0.6) is 0 Å². The van der Waals surface area contributed by atoms with Crippen LogP contribution in [0, 0.1) is 11.2 Å². The van der Waals surface area contributed by atoms with E-state index >= 15 is 0 Å². The second-order valence-electron chi connectivity index (χ2n) is 12.3. The number of aromatic nitrogens is 5. The fourth-order valence-electron chi connectivity index (χ4n) is 5.24. The lowest BCUT2D eigenvalue weighted by atomic mass is 9.92. The third kappa shape index (κ3) is 6.92. The molecule has 4 aromatic heterocycles. The Morgan fingerprint density at radius 2 is 1.80 bits per heavy atom. The topological polar surface area (TPSA) is 146 Å². The Bertz CT molecular complexity index is 2180. The number of carbonyl (C=O) groups is 1. The van der Waals surface area contributed by atoms with Crippen molar-refractivity contribution in [1.29, 1.82) is 0 Å². The molecule has 0 aliphatic carbocycles. The van der Waals surface area contributed by atoms with Gasteiger partial charge in [-0.1, -0.05) is 32.9 Å². The van der Waals surface area contributed by atoms with Crippen molar-refractivity contribution in [2.24, 2.45) is 5.41 Å². The Hall–Kier alpha value is -4.94. The number of hydrogen-bond donors (Lipinski definition) is 4. The highest BCUT2D eigenvalue weighted by molar-refractivity contribution is 7.88. The van der Waals surface area contributed by atoms with Crippen molar-refractivity contribution in [3.8, 4) is 33.8 Å². The van der Waals surface area contributed by atoms with Crippen LogP contribution >= 0.6 is 0 Å². The van der Waals surface area contributed by atoms with E-state index in [4.69, 9.17) is 4.98 Å². The maximum Gasteiger partial charge on any atom is 0.224 e. The maximum absolute atomic E-state index is 14.6. The lowest BCUT2D eigenvalue weighted by Gasteiger charge is -2.17. The van der Waals surface area contributed by atoms with Gasteiger partial charge >= 0.3 is 0 Å². The summed E-state index contributed by atoms with van der Waals surface area (Å²) in [6.07, 6.45) is 4.75. The second kappa shape index (κ2) is 11.5. The quantitative estimate of drug-likeness (QED) is 0.154. The monoisotopic (exact) mass is 625 g/mol. The van der Waals surface area contributed by atoms with Gasteiger partial charge < -0.3 is 10.3 Å². The predicted octanol–water partition coefficient (Wildman–Crippen LogP) is 6.40. The Kier molecular flexibility index (Phi) is 7.71. The van der Waals surface area contributed by atoms with Gasteiger partial charge in [0, 0.05) is 35.6 Å². The van der Waals surface area contributed by atoms with Crippen molar-refractivity contribution >= 4 is 43.6 Å². The van der Waals surface area contributed by atoms with Crippen molar-refractivity contribution in [3.05, 3.63) is 84.4 Å². The van der Waals surface area contributed by atoms with E-state index in [0.29, 0.717) is 45.8 Å². The van der Waals surface area contributed by atoms with Crippen LogP contribution in [-0.2, 0) is 21.4 Å². The molecule has 10 nitrogen and oxygen atoms in total. The summed E-state index contributed by atoms with van der Waals surface area (Å²) in [6.45, 7) is 6.01. The van der Waals surface area contributed by atoms with E-state index in [0.717, 1.165) is 33.8 Å². The highest BCUT2D eigenvalue weighted by atomic mass is 32.2. The van der Waals surface area contributed by atoms with E-state index in [2.05, 4.69) is 30.2 Å². The van der Waals surface area contributed by atoms with Crippen LogP contribution in [0.15, 0.2) is 73.1 Å². The zero-order valence-electron chi connectivity index (χ0n) is 25.2. The molecule has 45 heavy (non-hydrogen) atoms. The number of amides is 1. The first-order valence-electron chi connectivity index (χ1n) is 14.3. The van der Waals surface area contributed by atoms with Crippen LogP contribution < -0.4 is 10.0 Å². The normalized spacial score (nSPS) is 12.2. The van der Waals surface area contributed by atoms with Crippen molar-refractivity contribution in [1.82, 2.24) is 29.9 Å². The summed E-state index contributed by atoms with van der Waals surface area (Å²) in [6, 6.07) is 17.7. The van der Waals surface area contributed by atoms with E-state index in [1.807, 2.05) is 63.2 Å². The lowest BCUT2D eigenvalue weighted by molar-refractivity contribution is -0.117. The third-order valence-corrected chi connectivity index (χ3v) is 7.81. The average Bonchev–Trinajstić information content (AvgIpc) is 3.58. The molecular formula is C33H32FN7O3S. The van der Waals surface area contributed by atoms with Gasteiger partial charge in [0.25, 0.3) is 0 Å². The Morgan fingerprint density at radius 1 is 0.978 bits per heavy atom. The van der Waals surface area contributed by atoms with Crippen molar-refractivity contribution < 1.29 is 17.6 Å². The van der Waals surface area contributed by atoms with Gasteiger partial charge in [0.2, 0.25) is 15.9 Å². The van der Waals surface area contributed by atoms with Gasteiger partial charge in [-0.05, 0) is 70.6 Å². The van der Waals surface area contributed by atoms with Crippen molar-refractivity contribution in [3.63, 3.8) is 0 Å². The number of nitrogens with zero attached hydrogens (tertiary/aromatic N) is 3. The lowest BCUT2D eigenvalue weighted by Crippen LogP contribution is -2.21. The second-order valence-corrected chi connectivity index (χ2v) is 14.1. The first kappa shape index (κ1) is 30.1. The van der Waals surface area contributed by atoms with Gasteiger partial charge in [0.1, 0.15) is 17.0 Å². The zero-order chi connectivity index (χ0) is 31.9. The van der Waals surface area contributed by atoms with E-state index < -0.39 is 15.8 Å². The maximum atomic E-state index is 14.6. The van der Waals surface area contributed by atoms with Crippen molar-refractivity contribution in [2.75, 3.05) is 11.6 Å². The standard InChI is InChI=1S/C33H32FN7O3S/c1-33(2,3)15-30(42)37-23-13-21(17-35-18-23)26-8-9-28-31(39-26)32(41-40-28)29-14-25-24(6-5-7-27(25)38-29)20-10-19(11-22(34)12-20)16-36-45(4,43)44/h5-14,17-18,36,38H,15-16H2,1-4H3,(H,37,42)(H,40,41). The molecule has 0 radical (unpaired) electrons. The molecule has 4 heterocycles. The molecule has 6 aromatic rings. The smallest absolute Gasteiger partial charge is 0.224 e. The molecule has 0 unspecified atom stereocenters. The first-order chi connectivity index (χ1) is 21.3. The summed E-state index contributed by atoms with van der Waals surface area (Å²) in [5.41, 5.74) is 7.27. The van der Waals surface area contributed by atoms with Gasteiger partial charge in [-0.2, -0.15) is 5.10 Å². The van der Waals surface area contributed by atoms with Crippen molar-refractivity contribution in [2.45, 2.75) is 33.7 Å². The van der Waals surface area contributed by atoms with E-state index in [-0.39, 0.29) is 17.9 Å². The van der Waals surface area contributed by atoms with Gasteiger partial charge in [0.15, 0.2) is 0 Å². The summed E-state index contributed by atoms with van der Waals surface area (Å²) in [4.78, 5) is 25.1. The number of halogens is 1. The third-order valence-electron chi connectivity index (χ3n) is 7.14. The Morgan fingerprint density at radius 3 is 2.58 bits per heavy atom. The molecule has 2 aromatic carbocycles. The van der Waals surface area contributed by atoms with E-state index in [1.54, 1.807) is 18.5 Å². The molecule has 0 atom stereocenters. The number of carbonyl (C=O) groups excluding carboxylic acids is 1. The number of fused-ring (bicyclic) bond motifs is 2. The molecule has 230 valence electrons. The predicted molar refractivity (Wildman–Crippen MR) is 174 cm³/mol. The summed E-state index contributed by atoms with van der Waals surface area (Å²) >= 11 is 0. The Balaban J connectivity index is 1.34. The highest BCUT2D eigenvalue weighted by Crippen LogP contribution is 2.35. The average molecular weight is 626 g/mol. The van der Waals surface area contributed by atoms with Crippen LogP contribution in [0.2, 0.25) is 0 Å². The molecule has 0 fully saturated rings. The number of H-pyrrole nitrogens is 2. The minimum atomic E-state index is -3.43. The molecule has 0 aliphatic rings. The molecule has 12 heteroatoms. The minimum absolute atomic E-state index is 0.0209. The molecule has 1 amide bonds. The van der Waals surface area contributed by atoms with Crippen LogP contribution in [0.4, 0.5) is 10.1 Å². The molecule has 6 rings (SSSR count). The summed E-state index contributed by atoms with van der Waals surface area (Å²) in [7, 11) is -3.43. The number of sulfonamides is 1. The number of pyridine rings is 2. The van der Waals surface area contributed by atoms with Crippen LogP contribution in [0.1, 0.15) is 32.8 Å². The minimum Gasteiger partial charge on any atom is -0.353 e. The van der Waals surface area contributed by atoms with Crippen LogP contribution in [0.25, 0.3) is 55.7 Å². The molecule has 0 spiro atoms. The molecule has 4 N–H and O–H groups in total. The Labute approximate surface area is 259 Å². The SMILES string of the molecule is CC(C)(C)CC(=O)Nc1cncc(-c2ccc3[nH]nc(-c4cc5c(-c6cc(F)cc(CNS(C)(=O)=O)c6)cccc5[nH]4)c3n2)c1. The zero-order valence-corrected chi connectivity index (χ0v) is 26.0. The fraction of sp³-hybridized carbons (Fsp3) is 0.212. The van der Waals surface area contributed by atoms with E-state index in [1.165, 1.54) is 12.1 Å². The highest BCUT2D eigenvalue weighted by Gasteiger charge is 2.18. The van der Waals surface area contributed by atoms with Gasteiger partial charge in [0.05, 0.1) is 35.0 Å². The summed E-state index contributed by atoms with van der Waals surface area (Å²) < 4.78 is 40.2. The number of hydrogen-bond acceptors (Lipinski definition) is 6. The molecule has 0 saturated heterocycles. The molecule has 0 saturated carbocycles. The molecule has 0 aliphatic heterocycles. The largest absolute Gasteiger partial charge is 0.353 e.